The molecule has 1 atom stereocenters. The number of nitrogens with one attached hydrogen (secondary N) is 1. The minimum absolute atomic E-state index is 0. The van der Waals surface area contributed by atoms with Gasteiger partial charge in [-0.3, -0.25) is 4.68 Å². The molecule has 1 aliphatic heterocycles. The Labute approximate surface area is 169 Å². The third-order valence-corrected chi connectivity index (χ3v) is 4.67. The summed E-state index contributed by atoms with van der Waals surface area (Å²) in [5.74, 6) is 1.58. The molecule has 0 aromatic carbocycles. The van der Waals surface area contributed by atoms with Gasteiger partial charge in [-0.05, 0) is 26.2 Å². The van der Waals surface area contributed by atoms with Gasteiger partial charge in [0, 0.05) is 51.0 Å². The molecule has 1 aromatic rings. The summed E-state index contributed by atoms with van der Waals surface area (Å²) in [6.07, 6.45) is 3.08. The Morgan fingerprint density at radius 2 is 2.12 bits per heavy atom. The molecule has 0 amide bonds. The molecule has 1 N–H and O–H groups in total. The minimum atomic E-state index is 0. The van der Waals surface area contributed by atoms with Crippen LogP contribution < -0.4 is 5.32 Å². The van der Waals surface area contributed by atoms with Gasteiger partial charge in [0.05, 0.1) is 18.8 Å². The van der Waals surface area contributed by atoms with Crippen molar-refractivity contribution in [3.63, 3.8) is 0 Å². The molecule has 1 unspecified atom stereocenters. The number of halogens is 1. The number of nitrogens with zero attached hydrogens (tertiary/aromatic N) is 4. The predicted octanol–water partition coefficient (Wildman–Crippen LogP) is 2.60. The molecule has 0 aliphatic carbocycles. The lowest BCUT2D eigenvalue weighted by Gasteiger charge is -2.24. The summed E-state index contributed by atoms with van der Waals surface area (Å²) < 4.78 is 7.50. The molecule has 1 fully saturated rings. The van der Waals surface area contributed by atoms with Crippen LogP contribution in [0.25, 0.3) is 0 Å². The number of hydrogen-bond acceptors (Lipinski definition) is 3. The van der Waals surface area contributed by atoms with Gasteiger partial charge in [-0.2, -0.15) is 5.10 Å². The molecule has 0 bridgehead atoms. The average molecular weight is 463 g/mol. The van der Waals surface area contributed by atoms with E-state index < -0.39 is 0 Å². The van der Waals surface area contributed by atoms with Crippen molar-refractivity contribution in [1.82, 2.24) is 20.0 Å². The first kappa shape index (κ1) is 22.2. The van der Waals surface area contributed by atoms with E-state index in [1.54, 1.807) is 0 Å². The van der Waals surface area contributed by atoms with Crippen LogP contribution in [0, 0.1) is 5.92 Å². The summed E-state index contributed by atoms with van der Waals surface area (Å²) >= 11 is 0. The number of ether oxygens (including phenoxy) is 1. The van der Waals surface area contributed by atoms with E-state index in [9.17, 15) is 0 Å². The molecule has 6 nitrogen and oxygen atoms in total. The van der Waals surface area contributed by atoms with Crippen LogP contribution in [0.1, 0.15) is 44.1 Å². The van der Waals surface area contributed by atoms with Crippen molar-refractivity contribution in [3.8, 4) is 0 Å². The normalized spacial score (nSPS) is 17.5. The van der Waals surface area contributed by atoms with Gasteiger partial charge in [-0.1, -0.05) is 13.8 Å². The minimum Gasteiger partial charge on any atom is -0.381 e. The highest BCUT2D eigenvalue weighted by Gasteiger charge is 2.19. The van der Waals surface area contributed by atoms with E-state index in [1.807, 2.05) is 11.7 Å². The van der Waals surface area contributed by atoms with Crippen LogP contribution >= 0.6 is 24.0 Å². The molecular formula is C18H34IN5O. The van der Waals surface area contributed by atoms with Crippen LogP contribution in [0.3, 0.4) is 0 Å². The van der Waals surface area contributed by atoms with E-state index in [2.05, 4.69) is 43.1 Å². The Hall–Kier alpha value is -0.830. The highest BCUT2D eigenvalue weighted by Crippen LogP contribution is 2.17. The Morgan fingerprint density at radius 3 is 2.68 bits per heavy atom. The predicted molar refractivity (Wildman–Crippen MR) is 114 cm³/mol. The van der Waals surface area contributed by atoms with Crippen LogP contribution in [0.4, 0.5) is 0 Å². The number of aromatic nitrogens is 2. The smallest absolute Gasteiger partial charge is 0.193 e. The van der Waals surface area contributed by atoms with E-state index in [0.717, 1.165) is 51.5 Å². The molecule has 0 spiro atoms. The number of aliphatic imine (C=N–C) groups is 1. The van der Waals surface area contributed by atoms with Crippen LogP contribution in [0.5, 0.6) is 0 Å². The van der Waals surface area contributed by atoms with Gasteiger partial charge < -0.3 is 15.0 Å². The maximum absolute atomic E-state index is 5.49. The molecule has 1 aliphatic rings. The van der Waals surface area contributed by atoms with Crippen molar-refractivity contribution in [2.45, 2.75) is 46.6 Å². The first-order valence-corrected chi connectivity index (χ1v) is 9.21. The third kappa shape index (κ3) is 5.84. The van der Waals surface area contributed by atoms with E-state index in [-0.39, 0.29) is 24.0 Å². The molecule has 1 saturated heterocycles. The first-order valence-electron chi connectivity index (χ1n) is 9.21. The zero-order valence-corrected chi connectivity index (χ0v) is 18.7. The van der Waals surface area contributed by atoms with Gasteiger partial charge >= 0.3 is 0 Å². The Balaban J connectivity index is 0.00000312. The zero-order chi connectivity index (χ0) is 17.5. The quantitative estimate of drug-likeness (QED) is 0.384. The van der Waals surface area contributed by atoms with Crippen molar-refractivity contribution in [1.29, 1.82) is 0 Å². The molecule has 25 heavy (non-hydrogen) atoms. The second-order valence-electron chi connectivity index (χ2n) is 6.48. The Morgan fingerprint density at radius 1 is 1.36 bits per heavy atom. The largest absolute Gasteiger partial charge is 0.381 e. The molecular weight excluding hydrogens is 429 g/mol. The fraction of sp³-hybridized carbons (Fsp3) is 0.778. The van der Waals surface area contributed by atoms with Gasteiger partial charge in [0.2, 0.25) is 0 Å². The van der Waals surface area contributed by atoms with Gasteiger partial charge in [0.1, 0.15) is 0 Å². The van der Waals surface area contributed by atoms with Crippen LogP contribution in [-0.2, 0) is 31.2 Å². The Kier molecular flexibility index (Phi) is 9.78. The summed E-state index contributed by atoms with van der Waals surface area (Å²) in [6.45, 7) is 10.8. The lowest BCUT2D eigenvalue weighted by atomic mass is 10.1. The fourth-order valence-electron chi connectivity index (χ4n) is 3.40. The van der Waals surface area contributed by atoms with E-state index >= 15 is 0 Å². The molecule has 1 aromatic heterocycles. The van der Waals surface area contributed by atoms with Crippen LogP contribution in [0.15, 0.2) is 4.99 Å². The standard InChI is InChI=1S/C18H33N5O.HI/c1-6-16-15(17(7-2)23(5)21-16)11-20-18(19-8-3)22(4)12-14-9-10-24-13-14;/h14H,6-13H2,1-5H3,(H,19,20);1H. The van der Waals surface area contributed by atoms with Crippen molar-refractivity contribution in [3.05, 3.63) is 17.0 Å². The SMILES string of the molecule is CCNC(=NCc1c(CC)nn(C)c1CC)N(C)CC1CCOC1.I. The topological polar surface area (TPSA) is 54.7 Å². The molecule has 7 heteroatoms. The summed E-state index contributed by atoms with van der Waals surface area (Å²) in [6, 6.07) is 0. The number of rotatable bonds is 7. The first-order chi connectivity index (χ1) is 11.6. The second-order valence-corrected chi connectivity index (χ2v) is 6.48. The van der Waals surface area contributed by atoms with E-state index in [1.165, 1.54) is 17.0 Å². The van der Waals surface area contributed by atoms with Gasteiger partial charge in [0.15, 0.2) is 5.96 Å². The highest BCUT2D eigenvalue weighted by atomic mass is 127. The van der Waals surface area contributed by atoms with Crippen LogP contribution in [-0.4, -0.2) is 54.0 Å². The van der Waals surface area contributed by atoms with Gasteiger partial charge in [0.25, 0.3) is 0 Å². The lowest BCUT2D eigenvalue weighted by Crippen LogP contribution is -2.41. The van der Waals surface area contributed by atoms with Crippen molar-refractivity contribution < 1.29 is 4.74 Å². The molecule has 0 radical (unpaired) electrons. The average Bonchev–Trinajstić information content (AvgIpc) is 3.18. The summed E-state index contributed by atoms with van der Waals surface area (Å²) in [5.41, 5.74) is 3.74. The second kappa shape index (κ2) is 11.0. The summed E-state index contributed by atoms with van der Waals surface area (Å²) in [7, 11) is 4.15. The van der Waals surface area contributed by atoms with Crippen molar-refractivity contribution >= 4 is 29.9 Å². The molecule has 0 saturated carbocycles. The number of aryl methyl sites for hydroxylation is 2. The van der Waals surface area contributed by atoms with Crippen LogP contribution in [0.2, 0.25) is 0 Å². The molecule has 144 valence electrons. The summed E-state index contributed by atoms with van der Waals surface area (Å²) in [5, 5.41) is 8.06. The molecule has 2 rings (SSSR count). The number of guanidine groups is 1. The fourth-order valence-corrected chi connectivity index (χ4v) is 3.40. The van der Waals surface area contributed by atoms with E-state index in [4.69, 9.17) is 9.73 Å². The van der Waals surface area contributed by atoms with Gasteiger partial charge in [-0.15, -0.1) is 24.0 Å². The van der Waals surface area contributed by atoms with Crippen molar-refractivity contribution in [2.24, 2.45) is 18.0 Å². The Bertz CT molecular complexity index is 552. The maximum atomic E-state index is 5.49. The zero-order valence-electron chi connectivity index (χ0n) is 16.3. The maximum Gasteiger partial charge on any atom is 0.193 e. The third-order valence-electron chi connectivity index (χ3n) is 4.67. The van der Waals surface area contributed by atoms with Crippen molar-refractivity contribution in [2.75, 3.05) is 33.4 Å². The highest BCUT2D eigenvalue weighted by molar-refractivity contribution is 14.0. The van der Waals surface area contributed by atoms with Gasteiger partial charge in [-0.25, -0.2) is 4.99 Å². The summed E-state index contributed by atoms with van der Waals surface area (Å²) in [4.78, 5) is 7.13. The van der Waals surface area contributed by atoms with E-state index in [0.29, 0.717) is 12.5 Å². The number of hydrogen-bond donors (Lipinski definition) is 1. The molecule has 2 heterocycles. The monoisotopic (exact) mass is 463 g/mol. The lowest BCUT2D eigenvalue weighted by molar-refractivity contribution is 0.181.